The number of carbonyl (C=O) groups excluding carboxylic acids is 1. The first kappa shape index (κ1) is 15.7. The van der Waals surface area contributed by atoms with Gasteiger partial charge < -0.3 is 5.32 Å². The van der Waals surface area contributed by atoms with Gasteiger partial charge in [-0.1, -0.05) is 20.8 Å². The number of benzene rings is 1. The van der Waals surface area contributed by atoms with E-state index in [-0.39, 0.29) is 16.2 Å². The van der Waals surface area contributed by atoms with E-state index in [4.69, 9.17) is 5.14 Å². The van der Waals surface area contributed by atoms with E-state index in [0.29, 0.717) is 17.7 Å². The Hall–Kier alpha value is -1.40. The van der Waals surface area contributed by atoms with E-state index in [9.17, 15) is 13.2 Å². The highest BCUT2D eigenvalue weighted by molar-refractivity contribution is 7.89. The Morgan fingerprint density at radius 2 is 1.89 bits per heavy atom. The number of hydrogen-bond donors (Lipinski definition) is 2. The maximum Gasteiger partial charge on any atom is 0.238 e. The number of hydrogen-bond acceptors (Lipinski definition) is 3. The van der Waals surface area contributed by atoms with Crippen molar-refractivity contribution in [1.82, 2.24) is 0 Å². The molecule has 3 N–H and O–H groups in total. The molecular weight excluding hydrogens is 264 g/mol. The summed E-state index contributed by atoms with van der Waals surface area (Å²) in [5.41, 5.74) is 1.16. The minimum atomic E-state index is -3.71. The lowest BCUT2D eigenvalue weighted by Gasteiger charge is -2.18. The molecule has 0 heterocycles. The fraction of sp³-hybridized carbons (Fsp3) is 0.462. The molecule has 6 heteroatoms. The number of aryl methyl sites for hydroxylation is 1. The molecule has 0 fully saturated rings. The van der Waals surface area contributed by atoms with Crippen molar-refractivity contribution < 1.29 is 13.2 Å². The van der Waals surface area contributed by atoms with Gasteiger partial charge in [0.05, 0.1) is 4.90 Å². The van der Waals surface area contributed by atoms with Gasteiger partial charge >= 0.3 is 0 Å². The number of nitrogens with two attached hydrogens (primary N) is 1. The molecule has 0 radical (unpaired) electrons. The van der Waals surface area contributed by atoms with Crippen LogP contribution in [0.2, 0.25) is 0 Å². The molecule has 1 rings (SSSR count). The van der Waals surface area contributed by atoms with Crippen molar-refractivity contribution in [2.75, 3.05) is 5.32 Å². The molecule has 0 bridgehead atoms. The Balaban J connectivity index is 2.90. The number of primary sulfonamides is 1. The van der Waals surface area contributed by atoms with Crippen molar-refractivity contribution in [2.45, 2.75) is 39.0 Å². The van der Waals surface area contributed by atoms with E-state index in [2.05, 4.69) is 5.32 Å². The minimum absolute atomic E-state index is 0.0406. The van der Waals surface area contributed by atoms with Crippen LogP contribution in [0.25, 0.3) is 0 Å². The van der Waals surface area contributed by atoms with Crippen molar-refractivity contribution in [1.29, 1.82) is 0 Å². The largest absolute Gasteiger partial charge is 0.326 e. The average Bonchev–Trinajstić information content (AvgIpc) is 2.16. The van der Waals surface area contributed by atoms with Crippen molar-refractivity contribution >= 4 is 21.6 Å². The van der Waals surface area contributed by atoms with Gasteiger partial charge in [-0.3, -0.25) is 4.79 Å². The van der Waals surface area contributed by atoms with Crippen LogP contribution in [0.5, 0.6) is 0 Å². The third kappa shape index (κ3) is 5.00. The van der Waals surface area contributed by atoms with Gasteiger partial charge in [0.2, 0.25) is 15.9 Å². The Labute approximate surface area is 114 Å². The molecule has 0 unspecified atom stereocenters. The van der Waals surface area contributed by atoms with Crippen LogP contribution in [-0.4, -0.2) is 14.3 Å². The zero-order valence-electron chi connectivity index (χ0n) is 11.6. The molecule has 0 aromatic heterocycles. The number of amides is 1. The van der Waals surface area contributed by atoms with Crippen LogP contribution in [-0.2, 0) is 14.8 Å². The highest BCUT2D eigenvalue weighted by atomic mass is 32.2. The standard InChI is InChI=1S/C13H20N2O3S/c1-9-7-10(19(14,17)18)5-6-11(9)15-12(16)8-13(2,3)4/h5-7H,8H2,1-4H3,(H,15,16)(H2,14,17,18). The first-order chi connectivity index (χ1) is 8.49. The van der Waals surface area contributed by atoms with Gasteiger partial charge in [-0.25, -0.2) is 13.6 Å². The molecule has 0 aliphatic rings. The smallest absolute Gasteiger partial charge is 0.238 e. The van der Waals surface area contributed by atoms with E-state index in [1.54, 1.807) is 13.0 Å². The molecule has 1 amide bonds. The van der Waals surface area contributed by atoms with Crippen LogP contribution in [0.1, 0.15) is 32.8 Å². The van der Waals surface area contributed by atoms with Crippen LogP contribution in [0.4, 0.5) is 5.69 Å². The van der Waals surface area contributed by atoms with Crippen LogP contribution < -0.4 is 10.5 Å². The SMILES string of the molecule is Cc1cc(S(N)(=O)=O)ccc1NC(=O)CC(C)(C)C. The second-order valence-electron chi connectivity index (χ2n) is 5.81. The summed E-state index contributed by atoms with van der Waals surface area (Å²) in [4.78, 5) is 11.8. The van der Waals surface area contributed by atoms with E-state index < -0.39 is 10.0 Å². The lowest BCUT2D eigenvalue weighted by atomic mass is 9.92. The predicted octanol–water partition coefficient (Wildman–Crippen LogP) is 2.02. The Morgan fingerprint density at radius 1 is 1.32 bits per heavy atom. The molecule has 1 aromatic carbocycles. The Kier molecular flexibility index (Phi) is 4.37. The Bertz CT molecular complexity index is 586. The first-order valence-corrected chi connectivity index (χ1v) is 7.47. The van der Waals surface area contributed by atoms with Gasteiger partial charge in [0.15, 0.2) is 0 Å². The summed E-state index contributed by atoms with van der Waals surface area (Å²) in [7, 11) is -3.71. The van der Waals surface area contributed by atoms with Gasteiger partial charge in [0.25, 0.3) is 0 Å². The third-order valence-corrected chi connectivity index (χ3v) is 3.40. The monoisotopic (exact) mass is 284 g/mol. The van der Waals surface area contributed by atoms with Crippen molar-refractivity contribution in [2.24, 2.45) is 10.6 Å². The van der Waals surface area contributed by atoms with E-state index in [1.807, 2.05) is 20.8 Å². The maximum absolute atomic E-state index is 11.8. The number of carbonyl (C=O) groups is 1. The first-order valence-electron chi connectivity index (χ1n) is 5.92. The van der Waals surface area contributed by atoms with Crippen LogP contribution in [0, 0.1) is 12.3 Å². The summed E-state index contributed by atoms with van der Waals surface area (Å²) >= 11 is 0. The number of nitrogens with one attached hydrogen (secondary N) is 1. The molecule has 106 valence electrons. The Morgan fingerprint density at radius 3 is 2.32 bits per heavy atom. The van der Waals surface area contributed by atoms with Gasteiger partial charge in [0.1, 0.15) is 0 Å². The van der Waals surface area contributed by atoms with Gasteiger partial charge in [-0.2, -0.15) is 0 Å². The number of sulfonamides is 1. The molecule has 1 aromatic rings. The third-order valence-electron chi connectivity index (χ3n) is 2.49. The molecule has 19 heavy (non-hydrogen) atoms. The summed E-state index contributed by atoms with van der Waals surface area (Å²) in [6, 6.07) is 4.38. The van der Waals surface area contributed by atoms with Crippen LogP contribution in [0.15, 0.2) is 23.1 Å². The van der Waals surface area contributed by atoms with E-state index in [1.165, 1.54) is 12.1 Å². The quantitative estimate of drug-likeness (QED) is 0.889. The lowest BCUT2D eigenvalue weighted by Crippen LogP contribution is -2.20. The summed E-state index contributed by atoms with van der Waals surface area (Å²) < 4.78 is 22.4. The van der Waals surface area contributed by atoms with Gasteiger partial charge in [0, 0.05) is 12.1 Å². The topological polar surface area (TPSA) is 89.3 Å². The summed E-state index contributed by atoms with van der Waals surface area (Å²) in [6.07, 6.45) is 0.392. The summed E-state index contributed by atoms with van der Waals surface area (Å²) in [6.45, 7) is 7.65. The van der Waals surface area contributed by atoms with Crippen molar-refractivity contribution in [3.8, 4) is 0 Å². The van der Waals surface area contributed by atoms with Gasteiger partial charge in [-0.05, 0) is 36.1 Å². The normalized spacial score (nSPS) is 12.3. The predicted molar refractivity (Wildman–Crippen MR) is 75.3 cm³/mol. The molecule has 0 saturated carbocycles. The summed E-state index contributed by atoms with van der Waals surface area (Å²) in [5, 5.41) is 7.82. The molecule has 0 saturated heterocycles. The fourth-order valence-corrected chi connectivity index (χ4v) is 2.23. The van der Waals surface area contributed by atoms with E-state index >= 15 is 0 Å². The van der Waals surface area contributed by atoms with Gasteiger partial charge in [-0.15, -0.1) is 0 Å². The number of rotatable bonds is 3. The van der Waals surface area contributed by atoms with Crippen LogP contribution >= 0.6 is 0 Å². The second-order valence-corrected chi connectivity index (χ2v) is 7.37. The zero-order chi connectivity index (χ0) is 14.8. The number of anilines is 1. The highest BCUT2D eigenvalue weighted by Gasteiger charge is 2.17. The maximum atomic E-state index is 11.8. The van der Waals surface area contributed by atoms with E-state index in [0.717, 1.165) is 0 Å². The van der Waals surface area contributed by atoms with Crippen molar-refractivity contribution in [3.63, 3.8) is 0 Å². The van der Waals surface area contributed by atoms with Crippen LogP contribution in [0.3, 0.4) is 0 Å². The molecule has 0 aliphatic heterocycles. The molecule has 5 nitrogen and oxygen atoms in total. The average molecular weight is 284 g/mol. The molecule has 0 spiro atoms. The lowest BCUT2D eigenvalue weighted by molar-refractivity contribution is -0.117. The minimum Gasteiger partial charge on any atom is -0.326 e. The second kappa shape index (κ2) is 5.30. The molecule has 0 aliphatic carbocycles. The van der Waals surface area contributed by atoms with Crippen molar-refractivity contribution in [3.05, 3.63) is 23.8 Å². The zero-order valence-corrected chi connectivity index (χ0v) is 12.5. The summed E-state index contributed by atoms with van der Waals surface area (Å²) in [5.74, 6) is -0.0982. The highest BCUT2D eigenvalue weighted by Crippen LogP contribution is 2.22. The molecular formula is C13H20N2O3S. The molecule has 0 atom stereocenters. The fourth-order valence-electron chi connectivity index (χ4n) is 1.63.